The van der Waals surface area contributed by atoms with Gasteiger partial charge in [0.15, 0.2) is 0 Å². The molecule has 0 amide bonds. The van der Waals surface area contributed by atoms with Gasteiger partial charge in [-0.1, -0.05) is 23.7 Å². The second-order valence-electron chi connectivity index (χ2n) is 5.87. The molecule has 0 aliphatic heterocycles. The van der Waals surface area contributed by atoms with E-state index in [1.165, 1.54) is 22.8 Å². The Balaban J connectivity index is 1.89. The van der Waals surface area contributed by atoms with E-state index in [1.807, 2.05) is 0 Å². The van der Waals surface area contributed by atoms with Gasteiger partial charge in [0.1, 0.15) is 16.5 Å². The first kappa shape index (κ1) is 17.7. The SMILES string of the molecule is O=c1c2ccccc2nc(/C=C/c2ccc([N+](=O)[O-])o2)n1-c1ccc(Cl)cc1. The molecule has 0 aliphatic rings. The highest BCUT2D eigenvalue weighted by molar-refractivity contribution is 6.30. The number of para-hydroxylation sites is 1. The van der Waals surface area contributed by atoms with E-state index in [1.54, 1.807) is 54.6 Å². The fraction of sp³-hybridized carbons (Fsp3) is 0. The second kappa shape index (κ2) is 7.13. The molecule has 0 N–H and O–H groups in total. The van der Waals surface area contributed by atoms with Crippen LogP contribution in [0.1, 0.15) is 11.6 Å². The molecule has 0 radical (unpaired) electrons. The minimum Gasteiger partial charge on any atom is -0.401 e. The summed E-state index contributed by atoms with van der Waals surface area (Å²) in [6.07, 6.45) is 3.10. The summed E-state index contributed by atoms with van der Waals surface area (Å²) in [5, 5.41) is 11.8. The van der Waals surface area contributed by atoms with E-state index in [4.69, 9.17) is 16.0 Å². The standard InChI is InChI=1S/C20H12ClN3O4/c21-13-5-7-14(8-6-13)23-18(11-9-15-10-12-19(28-15)24(26)27)22-17-4-2-1-3-16(17)20(23)25/h1-12H/b11-9+. The normalized spacial score (nSPS) is 11.3. The molecule has 0 saturated carbocycles. The number of nitrogens with zero attached hydrogens (tertiary/aromatic N) is 3. The number of hydrogen-bond acceptors (Lipinski definition) is 5. The lowest BCUT2D eigenvalue weighted by Crippen LogP contribution is -2.22. The lowest BCUT2D eigenvalue weighted by Gasteiger charge is -2.11. The Morgan fingerprint density at radius 2 is 1.79 bits per heavy atom. The van der Waals surface area contributed by atoms with E-state index in [-0.39, 0.29) is 17.2 Å². The lowest BCUT2D eigenvalue weighted by molar-refractivity contribution is -0.402. The van der Waals surface area contributed by atoms with Crippen molar-refractivity contribution in [1.29, 1.82) is 0 Å². The highest BCUT2D eigenvalue weighted by Crippen LogP contribution is 2.20. The van der Waals surface area contributed by atoms with Gasteiger partial charge < -0.3 is 4.42 Å². The maximum atomic E-state index is 13.1. The molecule has 0 aliphatic carbocycles. The van der Waals surface area contributed by atoms with Crippen LogP contribution < -0.4 is 5.56 Å². The van der Waals surface area contributed by atoms with Crippen molar-refractivity contribution >= 4 is 40.5 Å². The van der Waals surface area contributed by atoms with Gasteiger partial charge in [0.2, 0.25) is 0 Å². The zero-order chi connectivity index (χ0) is 19.7. The van der Waals surface area contributed by atoms with Gasteiger partial charge in [-0.05, 0) is 54.6 Å². The van der Waals surface area contributed by atoms with Crippen molar-refractivity contribution in [2.24, 2.45) is 0 Å². The van der Waals surface area contributed by atoms with Crippen molar-refractivity contribution in [3.05, 3.63) is 97.7 Å². The highest BCUT2D eigenvalue weighted by Gasteiger charge is 2.13. The fourth-order valence-corrected chi connectivity index (χ4v) is 2.91. The largest absolute Gasteiger partial charge is 0.433 e. The molecule has 138 valence electrons. The Labute approximate surface area is 163 Å². The van der Waals surface area contributed by atoms with Crippen molar-refractivity contribution in [2.45, 2.75) is 0 Å². The number of fused-ring (bicyclic) bond motifs is 1. The summed E-state index contributed by atoms with van der Waals surface area (Å²) >= 11 is 5.96. The number of aromatic nitrogens is 2. The number of hydrogen-bond donors (Lipinski definition) is 0. The molecule has 8 heteroatoms. The first-order valence-corrected chi connectivity index (χ1v) is 8.61. The fourth-order valence-electron chi connectivity index (χ4n) is 2.79. The quantitative estimate of drug-likeness (QED) is 0.370. The molecule has 0 atom stereocenters. The molecular formula is C20H12ClN3O4. The van der Waals surface area contributed by atoms with Gasteiger partial charge in [-0.25, -0.2) is 4.98 Å². The molecule has 2 aromatic heterocycles. The Morgan fingerprint density at radius 1 is 1.04 bits per heavy atom. The van der Waals surface area contributed by atoms with Gasteiger partial charge in [0.05, 0.1) is 22.7 Å². The van der Waals surface area contributed by atoms with E-state index in [2.05, 4.69) is 4.98 Å². The van der Waals surface area contributed by atoms with E-state index in [9.17, 15) is 14.9 Å². The third-order valence-electron chi connectivity index (χ3n) is 4.08. The first-order valence-electron chi connectivity index (χ1n) is 8.23. The van der Waals surface area contributed by atoms with Crippen LogP contribution in [0.15, 0.2) is 69.9 Å². The number of rotatable bonds is 4. The van der Waals surface area contributed by atoms with Crippen LogP contribution >= 0.6 is 11.6 Å². The van der Waals surface area contributed by atoms with Crippen LogP contribution in [-0.4, -0.2) is 14.5 Å². The zero-order valence-electron chi connectivity index (χ0n) is 14.3. The Bertz CT molecular complexity index is 1270. The smallest absolute Gasteiger partial charge is 0.401 e. The minimum absolute atomic E-state index is 0.238. The molecule has 0 saturated heterocycles. The van der Waals surface area contributed by atoms with Gasteiger partial charge in [-0.2, -0.15) is 0 Å². The Kier molecular flexibility index (Phi) is 4.50. The number of nitro groups is 1. The van der Waals surface area contributed by atoms with Crippen molar-refractivity contribution < 1.29 is 9.34 Å². The molecule has 7 nitrogen and oxygen atoms in total. The molecule has 0 spiro atoms. The maximum absolute atomic E-state index is 13.1. The van der Waals surface area contributed by atoms with Crippen LogP contribution in [-0.2, 0) is 0 Å². The second-order valence-corrected chi connectivity index (χ2v) is 6.31. The first-order chi connectivity index (χ1) is 13.5. The van der Waals surface area contributed by atoms with E-state index >= 15 is 0 Å². The average molecular weight is 394 g/mol. The van der Waals surface area contributed by atoms with Gasteiger partial charge in [-0.3, -0.25) is 19.5 Å². The highest BCUT2D eigenvalue weighted by atomic mass is 35.5. The molecule has 0 unspecified atom stereocenters. The van der Waals surface area contributed by atoms with E-state index < -0.39 is 4.92 Å². The average Bonchev–Trinajstić information content (AvgIpc) is 3.17. The molecule has 4 rings (SSSR count). The molecule has 0 fully saturated rings. The number of halogens is 1. The van der Waals surface area contributed by atoms with Gasteiger partial charge in [0.25, 0.3) is 5.56 Å². The zero-order valence-corrected chi connectivity index (χ0v) is 15.0. The summed E-state index contributed by atoms with van der Waals surface area (Å²) in [4.78, 5) is 27.8. The summed E-state index contributed by atoms with van der Waals surface area (Å²) < 4.78 is 6.58. The Hall–Kier alpha value is -3.71. The summed E-state index contributed by atoms with van der Waals surface area (Å²) in [7, 11) is 0. The van der Waals surface area contributed by atoms with E-state index in [0.29, 0.717) is 27.4 Å². The molecule has 2 aromatic carbocycles. The summed E-state index contributed by atoms with van der Waals surface area (Å²) in [5.41, 5.74) is 0.901. The lowest BCUT2D eigenvalue weighted by atomic mass is 10.2. The van der Waals surface area contributed by atoms with Crippen LogP contribution in [0.2, 0.25) is 5.02 Å². The third kappa shape index (κ3) is 3.30. The monoisotopic (exact) mass is 393 g/mol. The van der Waals surface area contributed by atoms with Crippen LogP contribution in [0.4, 0.5) is 5.88 Å². The minimum atomic E-state index is -0.616. The Morgan fingerprint density at radius 3 is 2.50 bits per heavy atom. The van der Waals surface area contributed by atoms with Crippen molar-refractivity contribution in [2.75, 3.05) is 0 Å². The molecular weight excluding hydrogens is 382 g/mol. The van der Waals surface area contributed by atoms with Crippen molar-refractivity contribution in [3.8, 4) is 5.69 Å². The van der Waals surface area contributed by atoms with Crippen LogP contribution in [0.3, 0.4) is 0 Å². The van der Waals surface area contributed by atoms with Crippen molar-refractivity contribution in [1.82, 2.24) is 9.55 Å². The van der Waals surface area contributed by atoms with Gasteiger partial charge in [0, 0.05) is 5.02 Å². The summed E-state index contributed by atoms with van der Waals surface area (Å²) in [5.74, 6) is 0.267. The third-order valence-corrected chi connectivity index (χ3v) is 4.33. The number of furan rings is 1. The topological polar surface area (TPSA) is 91.2 Å². The molecule has 2 heterocycles. The summed E-state index contributed by atoms with van der Waals surface area (Å²) in [6, 6.07) is 16.6. The van der Waals surface area contributed by atoms with Crippen molar-refractivity contribution in [3.63, 3.8) is 0 Å². The van der Waals surface area contributed by atoms with Gasteiger partial charge >= 0.3 is 5.88 Å². The molecule has 0 bridgehead atoms. The predicted molar refractivity (Wildman–Crippen MR) is 107 cm³/mol. The number of benzene rings is 2. The molecule has 4 aromatic rings. The van der Waals surface area contributed by atoms with Crippen LogP contribution in [0.25, 0.3) is 28.7 Å². The predicted octanol–water partition coefficient (Wildman–Crippen LogP) is 4.71. The summed E-state index contributed by atoms with van der Waals surface area (Å²) in [6.45, 7) is 0. The molecule has 28 heavy (non-hydrogen) atoms. The van der Waals surface area contributed by atoms with Crippen LogP contribution in [0.5, 0.6) is 0 Å². The van der Waals surface area contributed by atoms with Gasteiger partial charge in [-0.15, -0.1) is 0 Å². The van der Waals surface area contributed by atoms with E-state index in [0.717, 1.165) is 0 Å². The van der Waals surface area contributed by atoms with Crippen LogP contribution in [0, 0.1) is 10.1 Å². The maximum Gasteiger partial charge on any atom is 0.433 e.